The standard InChI is InChI=1S/C21H22N2O3S/c1-23(2)21(25)20(15-9-4-3-5-10-15)26-19(24)14-8-13-18-22-16-11-6-7-12-17(16)27-18/h3-7,9-12,20H,8,13-14H2,1-2H3/t20-/m1/s1. The summed E-state index contributed by atoms with van der Waals surface area (Å²) in [4.78, 5) is 30.7. The number of para-hydroxylation sites is 1. The maximum Gasteiger partial charge on any atom is 0.306 e. The summed E-state index contributed by atoms with van der Waals surface area (Å²) in [5.41, 5.74) is 1.66. The Bertz CT molecular complexity index is 888. The van der Waals surface area contributed by atoms with E-state index in [4.69, 9.17) is 4.74 Å². The number of esters is 1. The van der Waals surface area contributed by atoms with Crippen LogP contribution in [0.2, 0.25) is 0 Å². The van der Waals surface area contributed by atoms with Gasteiger partial charge in [0.1, 0.15) is 0 Å². The Labute approximate surface area is 162 Å². The molecule has 0 bridgehead atoms. The number of likely N-dealkylation sites (N-methyl/N-ethyl adjacent to an activating group) is 1. The first kappa shape index (κ1) is 19.0. The first-order valence-corrected chi connectivity index (χ1v) is 9.66. The highest BCUT2D eigenvalue weighted by Gasteiger charge is 2.26. The molecule has 0 aliphatic rings. The third-order valence-electron chi connectivity index (χ3n) is 4.13. The van der Waals surface area contributed by atoms with E-state index in [-0.39, 0.29) is 18.3 Å². The summed E-state index contributed by atoms with van der Waals surface area (Å²) in [5.74, 6) is -0.624. The van der Waals surface area contributed by atoms with Crippen LogP contribution in [0, 0.1) is 0 Å². The fourth-order valence-corrected chi connectivity index (χ4v) is 3.73. The van der Waals surface area contributed by atoms with Crippen LogP contribution < -0.4 is 0 Å². The average molecular weight is 382 g/mol. The number of benzene rings is 2. The van der Waals surface area contributed by atoms with Gasteiger partial charge in [-0.05, 0) is 25.0 Å². The molecular formula is C21H22N2O3S. The number of hydrogen-bond donors (Lipinski definition) is 0. The number of hydrogen-bond acceptors (Lipinski definition) is 5. The predicted octanol–water partition coefficient (Wildman–Crippen LogP) is 3.99. The first-order chi connectivity index (χ1) is 13.0. The lowest BCUT2D eigenvalue weighted by atomic mass is 10.1. The number of amides is 1. The Balaban J connectivity index is 1.58. The van der Waals surface area contributed by atoms with Crippen molar-refractivity contribution in [3.05, 3.63) is 65.2 Å². The molecule has 0 aliphatic carbocycles. The Morgan fingerprint density at radius 2 is 1.78 bits per heavy atom. The summed E-state index contributed by atoms with van der Waals surface area (Å²) in [7, 11) is 3.30. The molecule has 0 radical (unpaired) electrons. The molecule has 3 rings (SSSR count). The van der Waals surface area contributed by atoms with Gasteiger partial charge in [0.15, 0.2) is 0 Å². The highest BCUT2D eigenvalue weighted by molar-refractivity contribution is 7.18. The number of rotatable bonds is 7. The van der Waals surface area contributed by atoms with Gasteiger partial charge in [-0.25, -0.2) is 4.98 Å². The normalized spacial score (nSPS) is 11.9. The molecule has 2 aromatic carbocycles. The van der Waals surface area contributed by atoms with Gasteiger partial charge in [0.05, 0.1) is 15.2 Å². The van der Waals surface area contributed by atoms with Crippen molar-refractivity contribution in [2.24, 2.45) is 0 Å². The van der Waals surface area contributed by atoms with Crippen molar-refractivity contribution in [2.75, 3.05) is 14.1 Å². The second-order valence-electron chi connectivity index (χ2n) is 6.44. The van der Waals surface area contributed by atoms with Gasteiger partial charge in [0.25, 0.3) is 5.91 Å². The van der Waals surface area contributed by atoms with Gasteiger partial charge >= 0.3 is 5.97 Å². The van der Waals surface area contributed by atoms with Crippen LogP contribution in [0.3, 0.4) is 0 Å². The van der Waals surface area contributed by atoms with E-state index >= 15 is 0 Å². The van der Waals surface area contributed by atoms with E-state index in [0.29, 0.717) is 18.4 Å². The maximum absolute atomic E-state index is 12.4. The van der Waals surface area contributed by atoms with E-state index < -0.39 is 6.10 Å². The second kappa shape index (κ2) is 8.77. The summed E-state index contributed by atoms with van der Waals surface area (Å²) in [5, 5.41) is 1.01. The van der Waals surface area contributed by atoms with Gasteiger partial charge in [-0.15, -0.1) is 11.3 Å². The van der Waals surface area contributed by atoms with E-state index in [9.17, 15) is 9.59 Å². The summed E-state index contributed by atoms with van der Waals surface area (Å²) >= 11 is 1.64. The SMILES string of the molecule is CN(C)C(=O)[C@H](OC(=O)CCCc1nc2ccccc2s1)c1ccccc1. The molecule has 0 aliphatic heterocycles. The molecule has 5 nitrogen and oxygen atoms in total. The Hall–Kier alpha value is -2.73. The molecule has 0 spiro atoms. The molecule has 1 heterocycles. The molecular weight excluding hydrogens is 360 g/mol. The lowest BCUT2D eigenvalue weighted by Gasteiger charge is -2.21. The quantitative estimate of drug-likeness (QED) is 0.580. The number of thiazole rings is 1. The van der Waals surface area contributed by atoms with Gasteiger partial charge < -0.3 is 9.64 Å². The van der Waals surface area contributed by atoms with Crippen molar-refractivity contribution in [3.8, 4) is 0 Å². The second-order valence-corrected chi connectivity index (χ2v) is 7.56. The summed E-state index contributed by atoms with van der Waals surface area (Å²) in [6.45, 7) is 0. The maximum atomic E-state index is 12.4. The lowest BCUT2D eigenvalue weighted by Crippen LogP contribution is -2.31. The van der Waals surface area contributed by atoms with Gasteiger partial charge in [-0.1, -0.05) is 42.5 Å². The molecule has 3 aromatic rings. The monoisotopic (exact) mass is 382 g/mol. The number of aryl methyl sites for hydroxylation is 1. The zero-order chi connectivity index (χ0) is 19.2. The van der Waals surface area contributed by atoms with E-state index in [0.717, 1.165) is 15.2 Å². The van der Waals surface area contributed by atoms with Crippen molar-refractivity contribution in [3.63, 3.8) is 0 Å². The Morgan fingerprint density at radius 1 is 1.07 bits per heavy atom. The topological polar surface area (TPSA) is 59.5 Å². The molecule has 6 heteroatoms. The molecule has 1 atom stereocenters. The van der Waals surface area contributed by atoms with Crippen LogP contribution in [0.25, 0.3) is 10.2 Å². The van der Waals surface area contributed by atoms with E-state index in [1.165, 1.54) is 4.90 Å². The van der Waals surface area contributed by atoms with Crippen LogP contribution in [-0.4, -0.2) is 35.9 Å². The predicted molar refractivity (Wildman–Crippen MR) is 107 cm³/mol. The van der Waals surface area contributed by atoms with Gasteiger partial charge in [0, 0.05) is 26.1 Å². The number of carbonyl (C=O) groups is 2. The Morgan fingerprint density at radius 3 is 2.48 bits per heavy atom. The van der Waals surface area contributed by atoms with Crippen LogP contribution in [-0.2, 0) is 20.7 Å². The smallest absolute Gasteiger partial charge is 0.306 e. The molecule has 0 saturated carbocycles. The van der Waals surface area contributed by atoms with E-state index in [2.05, 4.69) is 4.98 Å². The molecule has 140 valence electrons. The van der Waals surface area contributed by atoms with Gasteiger partial charge in [-0.2, -0.15) is 0 Å². The fraction of sp³-hybridized carbons (Fsp3) is 0.286. The number of nitrogens with zero attached hydrogens (tertiary/aromatic N) is 2. The minimum absolute atomic E-state index is 0.249. The number of ether oxygens (including phenoxy) is 1. The van der Waals surface area contributed by atoms with Crippen molar-refractivity contribution in [2.45, 2.75) is 25.4 Å². The van der Waals surface area contributed by atoms with Crippen LogP contribution in [0.15, 0.2) is 54.6 Å². The molecule has 1 aromatic heterocycles. The third-order valence-corrected chi connectivity index (χ3v) is 5.22. The Kier molecular flexibility index (Phi) is 6.19. The molecule has 1 amide bonds. The summed E-state index contributed by atoms with van der Waals surface area (Å²) in [6.07, 6.45) is 0.693. The minimum Gasteiger partial charge on any atom is -0.447 e. The molecule has 0 unspecified atom stereocenters. The molecule has 27 heavy (non-hydrogen) atoms. The highest BCUT2D eigenvalue weighted by Crippen LogP contribution is 2.24. The zero-order valence-electron chi connectivity index (χ0n) is 15.4. The average Bonchev–Trinajstić information content (AvgIpc) is 3.09. The first-order valence-electron chi connectivity index (χ1n) is 8.84. The highest BCUT2D eigenvalue weighted by atomic mass is 32.1. The zero-order valence-corrected chi connectivity index (χ0v) is 16.2. The lowest BCUT2D eigenvalue weighted by molar-refractivity contribution is -0.159. The van der Waals surface area contributed by atoms with E-state index in [1.54, 1.807) is 37.6 Å². The summed E-state index contributed by atoms with van der Waals surface area (Å²) < 4.78 is 6.66. The number of aromatic nitrogens is 1. The van der Waals surface area contributed by atoms with Gasteiger partial charge in [-0.3, -0.25) is 9.59 Å². The van der Waals surface area contributed by atoms with E-state index in [1.807, 2.05) is 42.5 Å². The van der Waals surface area contributed by atoms with Crippen LogP contribution in [0.4, 0.5) is 0 Å². The van der Waals surface area contributed by atoms with Gasteiger partial charge in [0.2, 0.25) is 6.10 Å². The number of carbonyl (C=O) groups excluding carboxylic acids is 2. The fourth-order valence-electron chi connectivity index (χ4n) is 2.72. The molecule has 0 N–H and O–H groups in total. The van der Waals surface area contributed by atoms with Crippen molar-refractivity contribution in [1.29, 1.82) is 0 Å². The van der Waals surface area contributed by atoms with Crippen LogP contribution >= 0.6 is 11.3 Å². The van der Waals surface area contributed by atoms with Crippen molar-refractivity contribution in [1.82, 2.24) is 9.88 Å². The molecule has 0 fully saturated rings. The van der Waals surface area contributed by atoms with Crippen LogP contribution in [0.5, 0.6) is 0 Å². The van der Waals surface area contributed by atoms with Crippen molar-refractivity contribution < 1.29 is 14.3 Å². The van der Waals surface area contributed by atoms with Crippen LogP contribution in [0.1, 0.15) is 29.5 Å². The summed E-state index contributed by atoms with van der Waals surface area (Å²) in [6, 6.07) is 17.1. The minimum atomic E-state index is -0.906. The van der Waals surface area contributed by atoms with Crippen molar-refractivity contribution >= 4 is 33.4 Å². The number of fused-ring (bicyclic) bond motifs is 1. The third kappa shape index (κ3) is 4.92. The molecule has 0 saturated heterocycles. The largest absolute Gasteiger partial charge is 0.447 e.